The maximum atomic E-state index is 13.1. The second kappa shape index (κ2) is 6.58. The van der Waals surface area contributed by atoms with E-state index in [0.717, 1.165) is 25.0 Å². The Bertz CT molecular complexity index is 804. The lowest BCUT2D eigenvalue weighted by atomic mass is 9.94. The third-order valence-electron chi connectivity index (χ3n) is 7.30. The van der Waals surface area contributed by atoms with Crippen molar-refractivity contribution in [2.75, 3.05) is 13.2 Å². The molecule has 0 radical (unpaired) electrons. The van der Waals surface area contributed by atoms with Gasteiger partial charge in [0.2, 0.25) is 11.8 Å². The zero-order chi connectivity index (χ0) is 19.5. The van der Waals surface area contributed by atoms with Crippen LogP contribution in [0.25, 0.3) is 0 Å². The van der Waals surface area contributed by atoms with Crippen LogP contribution < -0.4 is 0 Å². The van der Waals surface area contributed by atoms with E-state index in [0.29, 0.717) is 38.3 Å². The topological polar surface area (TPSA) is 78.5 Å². The van der Waals surface area contributed by atoms with Crippen LogP contribution in [0.2, 0.25) is 0 Å². The molecule has 1 N–H and O–H groups in total. The van der Waals surface area contributed by atoms with Gasteiger partial charge in [-0.1, -0.05) is 13.8 Å². The van der Waals surface area contributed by atoms with E-state index in [1.165, 1.54) is 24.1 Å². The van der Waals surface area contributed by atoms with E-state index in [-0.39, 0.29) is 23.9 Å². The first kappa shape index (κ1) is 18.2. The van der Waals surface area contributed by atoms with Crippen molar-refractivity contribution in [3.8, 4) is 0 Å². The number of aromatic nitrogens is 2. The number of amides is 2. The van der Waals surface area contributed by atoms with Gasteiger partial charge in [-0.3, -0.25) is 14.7 Å². The Balaban J connectivity index is 1.29. The van der Waals surface area contributed by atoms with Gasteiger partial charge in [0.05, 0.1) is 30.8 Å². The largest absolute Gasteiger partial charge is 0.351 e. The molecule has 1 spiro atoms. The van der Waals surface area contributed by atoms with Crippen molar-refractivity contribution in [3.63, 3.8) is 0 Å². The van der Waals surface area contributed by atoms with Gasteiger partial charge in [-0.2, -0.15) is 5.10 Å². The van der Waals surface area contributed by atoms with E-state index in [1.807, 2.05) is 9.80 Å². The monoisotopic (exact) mass is 386 g/mol. The molecule has 2 amide bonds. The molecule has 0 aromatic carbocycles. The number of H-pyrrole nitrogens is 1. The molecule has 3 fully saturated rings. The molecular weight excluding hydrogens is 356 g/mol. The number of carbonyl (C=O) groups excluding carboxylic acids is 2. The molecule has 1 aliphatic carbocycles. The predicted molar refractivity (Wildman–Crippen MR) is 102 cm³/mol. The number of aromatic amines is 1. The fourth-order valence-corrected chi connectivity index (χ4v) is 5.79. The van der Waals surface area contributed by atoms with Crippen molar-refractivity contribution in [2.24, 2.45) is 5.92 Å². The maximum absolute atomic E-state index is 13.1. The number of hydrogen-bond donors (Lipinski definition) is 1. The highest BCUT2D eigenvalue weighted by atomic mass is 16.5. The standard InChI is InChI=1S/C21H30N4O3/c1-13(2)17-12-28-21-9-10-24(18(21)11-20(27)25(17)21)19(26)8-7-16-14-5-3-4-6-15(14)22-23-16/h13,17-18H,3-12H2,1-2H3,(H,22,23)/t17-,18+,21-/m0/s1. The summed E-state index contributed by atoms with van der Waals surface area (Å²) in [7, 11) is 0. The second-order valence-electron chi connectivity index (χ2n) is 9.12. The summed E-state index contributed by atoms with van der Waals surface area (Å²) in [5.41, 5.74) is 3.06. The Kier molecular flexibility index (Phi) is 4.27. The Morgan fingerprint density at radius 1 is 1.36 bits per heavy atom. The number of rotatable bonds is 4. The van der Waals surface area contributed by atoms with Crippen molar-refractivity contribution in [3.05, 3.63) is 17.0 Å². The summed E-state index contributed by atoms with van der Waals surface area (Å²) in [5, 5.41) is 7.63. The number of carbonyl (C=O) groups is 2. The third kappa shape index (κ3) is 2.55. The number of nitrogens with zero attached hydrogens (tertiary/aromatic N) is 3. The molecule has 152 valence electrons. The van der Waals surface area contributed by atoms with Crippen LogP contribution in [0.15, 0.2) is 0 Å². The molecule has 4 aliphatic rings. The van der Waals surface area contributed by atoms with E-state index in [9.17, 15) is 9.59 Å². The van der Waals surface area contributed by atoms with E-state index in [2.05, 4.69) is 24.0 Å². The molecule has 4 heterocycles. The van der Waals surface area contributed by atoms with E-state index in [1.54, 1.807) is 0 Å². The molecule has 0 saturated carbocycles. The van der Waals surface area contributed by atoms with Crippen LogP contribution in [0.5, 0.6) is 0 Å². The molecule has 3 saturated heterocycles. The first-order valence-corrected chi connectivity index (χ1v) is 10.8. The second-order valence-corrected chi connectivity index (χ2v) is 9.12. The fourth-order valence-electron chi connectivity index (χ4n) is 5.79. The van der Waals surface area contributed by atoms with E-state index in [4.69, 9.17) is 4.74 Å². The minimum Gasteiger partial charge on any atom is -0.351 e. The zero-order valence-electron chi connectivity index (χ0n) is 16.9. The molecule has 0 bridgehead atoms. The lowest BCUT2D eigenvalue weighted by molar-refractivity contribution is -0.141. The minimum atomic E-state index is -0.576. The maximum Gasteiger partial charge on any atom is 0.227 e. The molecule has 7 nitrogen and oxygen atoms in total. The highest BCUT2D eigenvalue weighted by Gasteiger charge is 2.65. The molecule has 3 atom stereocenters. The number of likely N-dealkylation sites (tertiary alicyclic amines) is 1. The number of ether oxygens (including phenoxy) is 1. The molecule has 28 heavy (non-hydrogen) atoms. The van der Waals surface area contributed by atoms with Crippen molar-refractivity contribution in [2.45, 2.75) is 83.0 Å². The van der Waals surface area contributed by atoms with Gasteiger partial charge < -0.3 is 14.5 Å². The van der Waals surface area contributed by atoms with Crippen LogP contribution in [-0.4, -0.2) is 62.8 Å². The number of hydrogen-bond acceptors (Lipinski definition) is 4. The van der Waals surface area contributed by atoms with Crippen LogP contribution in [0.4, 0.5) is 0 Å². The quantitative estimate of drug-likeness (QED) is 0.856. The Labute approximate surface area is 165 Å². The molecule has 0 unspecified atom stereocenters. The van der Waals surface area contributed by atoms with Crippen LogP contribution in [0, 0.1) is 5.92 Å². The summed E-state index contributed by atoms with van der Waals surface area (Å²) in [6.07, 6.45) is 6.81. The summed E-state index contributed by atoms with van der Waals surface area (Å²) in [4.78, 5) is 29.7. The fraction of sp³-hybridized carbons (Fsp3) is 0.762. The summed E-state index contributed by atoms with van der Waals surface area (Å²) >= 11 is 0. The van der Waals surface area contributed by atoms with Crippen molar-refractivity contribution in [1.82, 2.24) is 20.0 Å². The van der Waals surface area contributed by atoms with Crippen molar-refractivity contribution < 1.29 is 14.3 Å². The van der Waals surface area contributed by atoms with Gasteiger partial charge in [0, 0.05) is 31.5 Å². The predicted octanol–water partition coefficient (Wildman–Crippen LogP) is 1.81. The van der Waals surface area contributed by atoms with Gasteiger partial charge in [0.1, 0.15) is 0 Å². The normalized spacial score (nSPS) is 31.5. The molecule has 1 aromatic heterocycles. The van der Waals surface area contributed by atoms with Gasteiger partial charge in [-0.15, -0.1) is 0 Å². The Hall–Kier alpha value is -1.89. The van der Waals surface area contributed by atoms with Gasteiger partial charge in [0.15, 0.2) is 5.72 Å². The van der Waals surface area contributed by atoms with Gasteiger partial charge in [-0.25, -0.2) is 0 Å². The average Bonchev–Trinajstić information content (AvgIpc) is 3.40. The van der Waals surface area contributed by atoms with E-state index < -0.39 is 5.72 Å². The SMILES string of the molecule is CC(C)[C@@H]1CO[C@@]23CCN(C(=O)CCc4n[nH]c5c4CCCC5)[C@@H]2CC(=O)N13. The van der Waals surface area contributed by atoms with Crippen LogP contribution >= 0.6 is 0 Å². The molecule has 5 rings (SSSR count). The summed E-state index contributed by atoms with van der Waals surface area (Å²) < 4.78 is 6.23. The third-order valence-corrected chi connectivity index (χ3v) is 7.30. The highest BCUT2D eigenvalue weighted by Crippen LogP contribution is 2.49. The van der Waals surface area contributed by atoms with Gasteiger partial charge in [0.25, 0.3) is 0 Å². The molecular formula is C21H30N4O3. The average molecular weight is 386 g/mol. The first-order valence-electron chi connectivity index (χ1n) is 10.8. The van der Waals surface area contributed by atoms with Crippen molar-refractivity contribution in [1.29, 1.82) is 0 Å². The molecule has 1 aromatic rings. The van der Waals surface area contributed by atoms with Gasteiger partial charge in [-0.05, 0) is 37.2 Å². The summed E-state index contributed by atoms with van der Waals surface area (Å²) in [5.74, 6) is 0.624. The van der Waals surface area contributed by atoms with Gasteiger partial charge >= 0.3 is 0 Å². The number of fused-ring (bicyclic) bond motifs is 1. The number of nitrogens with one attached hydrogen (secondary N) is 1. The first-order chi connectivity index (χ1) is 13.5. The smallest absolute Gasteiger partial charge is 0.227 e. The minimum absolute atomic E-state index is 0.126. The van der Waals surface area contributed by atoms with E-state index >= 15 is 0 Å². The zero-order valence-corrected chi connectivity index (χ0v) is 16.9. The molecule has 7 heteroatoms. The Morgan fingerprint density at radius 2 is 2.18 bits per heavy atom. The summed E-state index contributed by atoms with van der Waals surface area (Å²) in [6.45, 7) is 5.53. The lowest BCUT2D eigenvalue weighted by Crippen LogP contribution is -2.51. The lowest BCUT2D eigenvalue weighted by Gasteiger charge is -2.34. The number of aryl methyl sites for hydroxylation is 2. The highest BCUT2D eigenvalue weighted by molar-refractivity contribution is 5.85. The summed E-state index contributed by atoms with van der Waals surface area (Å²) in [6, 6.07) is -0.00696. The van der Waals surface area contributed by atoms with Crippen LogP contribution in [-0.2, 0) is 33.6 Å². The Morgan fingerprint density at radius 3 is 3.00 bits per heavy atom. The van der Waals surface area contributed by atoms with Crippen LogP contribution in [0.3, 0.4) is 0 Å². The van der Waals surface area contributed by atoms with Crippen LogP contribution in [0.1, 0.15) is 62.9 Å². The van der Waals surface area contributed by atoms with Crippen molar-refractivity contribution >= 4 is 11.8 Å². The molecule has 3 aliphatic heterocycles.